The Morgan fingerprint density at radius 1 is 1.10 bits per heavy atom. The molecule has 0 bridgehead atoms. The van der Waals surface area contributed by atoms with Crippen molar-refractivity contribution in [2.45, 2.75) is 50.6 Å². The highest BCUT2D eigenvalue weighted by Gasteiger charge is 2.42. The Morgan fingerprint density at radius 3 is 2.65 bits per heavy atom. The van der Waals surface area contributed by atoms with Crippen LogP contribution >= 0.6 is 0 Å². The summed E-state index contributed by atoms with van der Waals surface area (Å²) in [6.45, 7) is 9.36. The molecule has 2 atom stereocenters. The van der Waals surface area contributed by atoms with Gasteiger partial charge in [0.15, 0.2) is 5.96 Å². The first-order valence-electron chi connectivity index (χ1n) is 12.4. The Bertz CT molecular complexity index is 617. The van der Waals surface area contributed by atoms with Gasteiger partial charge >= 0.3 is 0 Å². The third-order valence-electron chi connectivity index (χ3n) is 7.33. The number of guanidine groups is 1. The minimum absolute atomic E-state index is 0.0556. The molecule has 3 aliphatic heterocycles. The third kappa shape index (κ3) is 6.33. The molecule has 1 amide bonds. The topological polar surface area (TPSA) is 63.7 Å². The predicted molar refractivity (Wildman–Crippen MR) is 123 cm³/mol. The number of carbonyl (C=O) groups is 1. The summed E-state index contributed by atoms with van der Waals surface area (Å²) in [5.74, 6) is 1.72. The van der Waals surface area contributed by atoms with Gasteiger partial charge < -0.3 is 19.9 Å². The fourth-order valence-electron chi connectivity index (χ4n) is 5.37. The lowest BCUT2D eigenvalue weighted by Gasteiger charge is -2.48. The van der Waals surface area contributed by atoms with Crippen molar-refractivity contribution in [1.29, 1.82) is 0 Å². The molecule has 0 aromatic heterocycles. The number of aliphatic imine (C=N–C) groups is 1. The van der Waals surface area contributed by atoms with Crippen LogP contribution in [0, 0.1) is 5.92 Å². The maximum Gasteiger partial charge on any atom is 0.243 e. The number of fused-ring (bicyclic) bond motifs is 1. The van der Waals surface area contributed by atoms with Crippen LogP contribution in [0.1, 0.15) is 38.5 Å². The van der Waals surface area contributed by atoms with E-state index in [-0.39, 0.29) is 12.5 Å². The molecule has 8 heteroatoms. The van der Waals surface area contributed by atoms with E-state index < -0.39 is 0 Å². The van der Waals surface area contributed by atoms with Crippen molar-refractivity contribution >= 4 is 11.9 Å². The molecule has 4 rings (SSSR count). The van der Waals surface area contributed by atoms with Crippen LogP contribution in [0.25, 0.3) is 0 Å². The van der Waals surface area contributed by atoms with E-state index in [1.165, 1.54) is 38.6 Å². The zero-order valence-electron chi connectivity index (χ0n) is 19.6. The van der Waals surface area contributed by atoms with E-state index in [0.717, 1.165) is 82.9 Å². The van der Waals surface area contributed by atoms with Crippen LogP contribution in [0.4, 0.5) is 0 Å². The molecule has 0 aromatic rings. The molecule has 4 fully saturated rings. The molecule has 2 unspecified atom stereocenters. The van der Waals surface area contributed by atoms with Crippen molar-refractivity contribution in [3.63, 3.8) is 0 Å². The minimum Gasteiger partial charge on any atom is -0.379 e. The number of piperidine rings is 2. The van der Waals surface area contributed by atoms with Gasteiger partial charge in [0.1, 0.15) is 6.54 Å². The second kappa shape index (κ2) is 11.0. The second-order valence-electron chi connectivity index (χ2n) is 9.84. The number of ether oxygens (including phenoxy) is 1. The number of nitrogens with one attached hydrogen (secondary N) is 1. The van der Waals surface area contributed by atoms with Gasteiger partial charge in [-0.3, -0.25) is 14.6 Å². The van der Waals surface area contributed by atoms with Gasteiger partial charge in [0.25, 0.3) is 0 Å². The highest BCUT2D eigenvalue weighted by Crippen LogP contribution is 2.38. The fraction of sp³-hybridized carbons (Fsp3) is 0.913. The first-order valence-corrected chi connectivity index (χ1v) is 12.4. The van der Waals surface area contributed by atoms with Crippen molar-refractivity contribution in [1.82, 2.24) is 24.9 Å². The van der Waals surface area contributed by atoms with Gasteiger partial charge in [0.2, 0.25) is 5.91 Å². The first kappa shape index (κ1) is 22.8. The van der Waals surface area contributed by atoms with Crippen molar-refractivity contribution < 1.29 is 9.53 Å². The summed E-state index contributed by atoms with van der Waals surface area (Å²) in [5.41, 5.74) is 0. The molecule has 1 saturated carbocycles. The monoisotopic (exact) mass is 434 g/mol. The number of hydrogen-bond donors (Lipinski definition) is 1. The van der Waals surface area contributed by atoms with Crippen molar-refractivity contribution in [2.75, 3.05) is 79.7 Å². The summed E-state index contributed by atoms with van der Waals surface area (Å²) in [6.07, 6.45) is 7.75. The van der Waals surface area contributed by atoms with Gasteiger partial charge in [0, 0.05) is 58.9 Å². The van der Waals surface area contributed by atoms with E-state index >= 15 is 0 Å². The molecule has 0 spiro atoms. The highest BCUT2D eigenvalue weighted by atomic mass is 16.5. The molecular weight excluding hydrogens is 392 g/mol. The van der Waals surface area contributed by atoms with E-state index in [4.69, 9.17) is 9.73 Å². The number of likely N-dealkylation sites (tertiary alicyclic amines) is 2. The molecule has 4 aliphatic rings. The summed E-state index contributed by atoms with van der Waals surface area (Å²) < 4.78 is 5.44. The van der Waals surface area contributed by atoms with Gasteiger partial charge in [0.05, 0.1) is 13.2 Å². The molecule has 0 aromatic carbocycles. The van der Waals surface area contributed by atoms with Gasteiger partial charge in [-0.25, -0.2) is 4.99 Å². The Kier molecular flexibility index (Phi) is 8.07. The quantitative estimate of drug-likeness (QED) is 0.361. The summed E-state index contributed by atoms with van der Waals surface area (Å²) >= 11 is 0. The SMILES string of the molecule is CN(C)C(=O)CN=C(NCCCN1CCOCC1)N1CCC2C(CCCN2C2CC2)C1. The Balaban J connectivity index is 1.32. The number of carbonyl (C=O) groups excluding carboxylic acids is 1. The normalized spacial score (nSPS) is 28.3. The van der Waals surface area contributed by atoms with Crippen LogP contribution in [0.2, 0.25) is 0 Å². The van der Waals surface area contributed by atoms with Crippen LogP contribution in [0.3, 0.4) is 0 Å². The number of rotatable bonds is 7. The van der Waals surface area contributed by atoms with E-state index in [9.17, 15) is 4.79 Å². The van der Waals surface area contributed by atoms with Gasteiger partial charge in [-0.15, -0.1) is 0 Å². The molecule has 8 nitrogen and oxygen atoms in total. The number of hydrogen-bond acceptors (Lipinski definition) is 5. The molecule has 1 N–H and O–H groups in total. The Morgan fingerprint density at radius 2 is 1.90 bits per heavy atom. The van der Waals surface area contributed by atoms with Crippen LogP contribution in [0.15, 0.2) is 4.99 Å². The summed E-state index contributed by atoms with van der Waals surface area (Å²) in [4.78, 5) is 26.3. The predicted octanol–water partition coefficient (Wildman–Crippen LogP) is 0.691. The molecular formula is C23H42N6O2. The van der Waals surface area contributed by atoms with Gasteiger partial charge in [-0.05, 0) is 57.5 Å². The van der Waals surface area contributed by atoms with Crippen LogP contribution in [0.5, 0.6) is 0 Å². The van der Waals surface area contributed by atoms with Crippen molar-refractivity contribution in [2.24, 2.45) is 10.9 Å². The number of amides is 1. The van der Waals surface area contributed by atoms with Crippen molar-refractivity contribution in [3.8, 4) is 0 Å². The Labute approximate surface area is 188 Å². The largest absolute Gasteiger partial charge is 0.379 e. The maximum absolute atomic E-state index is 12.2. The summed E-state index contributed by atoms with van der Waals surface area (Å²) in [6, 6.07) is 1.62. The maximum atomic E-state index is 12.2. The van der Waals surface area contributed by atoms with Crippen LogP contribution < -0.4 is 5.32 Å². The summed E-state index contributed by atoms with van der Waals surface area (Å²) in [7, 11) is 3.60. The van der Waals surface area contributed by atoms with Crippen molar-refractivity contribution in [3.05, 3.63) is 0 Å². The fourth-order valence-corrected chi connectivity index (χ4v) is 5.37. The zero-order valence-corrected chi connectivity index (χ0v) is 19.6. The zero-order chi connectivity index (χ0) is 21.6. The molecule has 0 radical (unpaired) electrons. The lowest BCUT2D eigenvalue weighted by molar-refractivity contribution is -0.127. The molecule has 3 saturated heterocycles. The standard InChI is InChI=1S/C23H42N6O2/c1-26(2)22(30)17-25-23(24-9-4-10-27-13-15-31-16-14-27)28-12-8-21-19(18-28)5-3-11-29(21)20-6-7-20/h19-21H,3-18H2,1-2H3,(H,24,25). The smallest absolute Gasteiger partial charge is 0.243 e. The average molecular weight is 435 g/mol. The van der Waals surface area contributed by atoms with Gasteiger partial charge in [-0.1, -0.05) is 0 Å². The Hall–Kier alpha value is -1.38. The van der Waals surface area contributed by atoms with E-state index in [1.54, 1.807) is 19.0 Å². The summed E-state index contributed by atoms with van der Waals surface area (Å²) in [5, 5.41) is 3.60. The number of morpholine rings is 1. The van der Waals surface area contributed by atoms with E-state index in [0.29, 0.717) is 0 Å². The van der Waals surface area contributed by atoms with Gasteiger partial charge in [-0.2, -0.15) is 0 Å². The van der Waals surface area contributed by atoms with E-state index in [1.807, 2.05) is 0 Å². The highest BCUT2D eigenvalue weighted by molar-refractivity contribution is 5.85. The lowest BCUT2D eigenvalue weighted by atomic mass is 9.83. The average Bonchev–Trinajstić information content (AvgIpc) is 3.63. The van der Waals surface area contributed by atoms with E-state index in [2.05, 4.69) is 20.0 Å². The second-order valence-corrected chi connectivity index (χ2v) is 9.84. The number of nitrogens with zero attached hydrogens (tertiary/aromatic N) is 5. The molecule has 1 aliphatic carbocycles. The lowest BCUT2D eigenvalue weighted by Crippen LogP contribution is -2.57. The molecule has 176 valence electrons. The van der Waals surface area contributed by atoms with Crippen LogP contribution in [-0.2, 0) is 9.53 Å². The molecule has 3 heterocycles. The number of likely N-dealkylation sites (N-methyl/N-ethyl adjacent to an activating group) is 1. The third-order valence-corrected chi connectivity index (χ3v) is 7.33. The molecule has 31 heavy (non-hydrogen) atoms. The minimum atomic E-state index is 0.0556. The van der Waals surface area contributed by atoms with Crippen LogP contribution in [-0.4, -0.2) is 123 Å². The first-order chi connectivity index (χ1) is 15.1.